The molecule has 0 bridgehead atoms. The SMILES string of the molecule is COc1cc2c3c(cc(Cl)c4c5c(Cl)cc6c7c(cc(Cl)c(c1c34)c75)C(=O)OC6=O)C(=O)OC2=O.COc1cc2c3c(cc(Cl)c4c5c(Cl)cc6c7c(cc(OP)c(c1c34)c75)C(=O)OC6=O)C(=O)OC2=O. The summed E-state index contributed by atoms with van der Waals surface area (Å²) in [5.41, 5.74) is 0.869. The third kappa shape index (κ3) is 5.39. The van der Waals surface area contributed by atoms with Crippen LogP contribution in [0, 0.1) is 0 Å². The Labute approximate surface area is 420 Å². The second-order valence-corrected chi connectivity index (χ2v) is 18.8. The Hall–Kier alpha value is -7.36. The smallest absolute Gasteiger partial charge is 0.346 e. The normalized spacial score (nSPS) is 14.9. The summed E-state index contributed by atoms with van der Waals surface area (Å²) >= 11 is 33.7. The molecule has 0 saturated carbocycles. The molecule has 4 heterocycles. The fourth-order valence-corrected chi connectivity index (χ4v) is 12.4. The Morgan fingerprint density at radius 2 is 0.493 bits per heavy atom. The van der Waals surface area contributed by atoms with E-state index < -0.39 is 47.8 Å². The Morgan fingerprint density at radius 1 is 0.296 bits per heavy atom. The number of esters is 8. The van der Waals surface area contributed by atoms with Gasteiger partial charge in [-0.2, -0.15) is 0 Å². The molecule has 0 saturated heterocycles. The summed E-state index contributed by atoms with van der Waals surface area (Å²) in [5.74, 6) is -5.95. The lowest BCUT2D eigenvalue weighted by Crippen LogP contribution is -2.21. The molecule has 4 aliphatic rings. The molecule has 21 heteroatoms. The van der Waals surface area contributed by atoms with Gasteiger partial charge in [0.1, 0.15) is 17.2 Å². The highest BCUT2D eigenvalue weighted by Gasteiger charge is 2.39. The molecule has 71 heavy (non-hydrogen) atoms. The fourth-order valence-electron chi connectivity index (χ4n) is 10.8. The Balaban J connectivity index is 0.000000139. The van der Waals surface area contributed by atoms with E-state index in [1.165, 1.54) is 62.8 Å². The van der Waals surface area contributed by atoms with Crippen molar-refractivity contribution in [2.24, 2.45) is 0 Å². The zero-order valence-electron chi connectivity index (χ0n) is 35.2. The lowest BCUT2D eigenvalue weighted by Gasteiger charge is -2.26. The molecule has 0 aliphatic carbocycles. The number of benzene rings is 10. The van der Waals surface area contributed by atoms with Crippen molar-refractivity contribution in [3.8, 4) is 17.2 Å². The van der Waals surface area contributed by atoms with Crippen LogP contribution in [0.1, 0.15) is 82.9 Å². The zero-order valence-corrected chi connectivity index (χ0v) is 40.1. The van der Waals surface area contributed by atoms with Gasteiger partial charge in [-0.25, -0.2) is 38.4 Å². The molecular weight excluding hydrogens is 1050 g/mol. The van der Waals surface area contributed by atoms with E-state index in [0.717, 1.165) is 0 Å². The summed E-state index contributed by atoms with van der Waals surface area (Å²) in [6.07, 6.45) is 0. The lowest BCUT2D eigenvalue weighted by atomic mass is 9.82. The van der Waals surface area contributed by atoms with Crippen LogP contribution >= 0.6 is 67.5 Å². The molecule has 0 aromatic heterocycles. The van der Waals surface area contributed by atoms with E-state index >= 15 is 0 Å². The first-order valence-corrected chi connectivity index (χ1v) is 22.9. The molecule has 4 aliphatic heterocycles. The van der Waals surface area contributed by atoms with Crippen molar-refractivity contribution in [3.63, 3.8) is 0 Å². The number of cyclic esters (lactones) is 8. The summed E-state index contributed by atoms with van der Waals surface area (Å²) in [7, 11) is 4.96. The van der Waals surface area contributed by atoms with Gasteiger partial charge >= 0.3 is 47.8 Å². The van der Waals surface area contributed by atoms with E-state index in [1.54, 1.807) is 0 Å². The van der Waals surface area contributed by atoms with Gasteiger partial charge in [-0.15, -0.1) is 0 Å². The number of carbonyl (C=O) groups excluding carboxylic acids is 8. The lowest BCUT2D eigenvalue weighted by molar-refractivity contribution is 0.0373. The minimum Gasteiger partial charge on any atom is -0.496 e. The number of halogens is 5. The van der Waals surface area contributed by atoms with Crippen LogP contribution in [0.3, 0.4) is 0 Å². The van der Waals surface area contributed by atoms with Crippen molar-refractivity contribution in [3.05, 3.63) is 118 Å². The Morgan fingerprint density at radius 3 is 0.746 bits per heavy atom. The van der Waals surface area contributed by atoms with Crippen molar-refractivity contribution in [2.45, 2.75) is 0 Å². The number of fused-ring (bicyclic) bond motifs is 4. The van der Waals surface area contributed by atoms with Gasteiger partial charge in [0, 0.05) is 106 Å². The van der Waals surface area contributed by atoms with E-state index in [-0.39, 0.29) is 86.9 Å². The molecule has 1 atom stereocenters. The van der Waals surface area contributed by atoms with Gasteiger partial charge in [-0.1, -0.05) is 58.0 Å². The molecule has 0 amide bonds. The van der Waals surface area contributed by atoms with Crippen molar-refractivity contribution < 1.29 is 71.3 Å². The van der Waals surface area contributed by atoms with Crippen LogP contribution in [0.4, 0.5) is 0 Å². The molecule has 0 N–H and O–H groups in total. The van der Waals surface area contributed by atoms with Crippen LogP contribution in [0.5, 0.6) is 17.2 Å². The first-order valence-electron chi connectivity index (χ1n) is 20.5. The maximum absolute atomic E-state index is 12.7. The van der Waals surface area contributed by atoms with Gasteiger partial charge in [0.25, 0.3) is 0 Å². The van der Waals surface area contributed by atoms with E-state index in [1.807, 2.05) is 0 Å². The fraction of sp³-hybridized carbons (Fsp3) is 0.0400. The predicted octanol–water partition coefficient (Wildman–Crippen LogP) is 12.2. The molecule has 0 fully saturated rings. The summed E-state index contributed by atoms with van der Waals surface area (Å²) in [6.45, 7) is 0. The van der Waals surface area contributed by atoms with E-state index in [0.29, 0.717) is 86.2 Å². The predicted molar refractivity (Wildman–Crippen MR) is 263 cm³/mol. The Kier molecular flexibility index (Phi) is 8.98. The van der Waals surface area contributed by atoms with Gasteiger partial charge < -0.3 is 32.9 Å². The van der Waals surface area contributed by atoms with Crippen LogP contribution in [0.25, 0.3) is 86.2 Å². The largest absolute Gasteiger partial charge is 0.496 e. The average molecular weight is 1060 g/mol. The van der Waals surface area contributed by atoms with Crippen molar-refractivity contribution in [1.82, 2.24) is 0 Å². The van der Waals surface area contributed by atoms with E-state index in [4.69, 9.17) is 90.9 Å². The molecule has 1 unspecified atom stereocenters. The quantitative estimate of drug-likeness (QED) is 0.0403. The van der Waals surface area contributed by atoms with E-state index in [9.17, 15) is 38.4 Å². The third-order valence-electron chi connectivity index (χ3n) is 13.3. The molecule has 346 valence electrons. The molecule has 10 aromatic rings. The number of rotatable bonds is 3. The molecular formula is C50H16Cl5O15P. The minimum absolute atomic E-state index is 0.101. The van der Waals surface area contributed by atoms with Crippen LogP contribution in [-0.2, 0) is 18.9 Å². The topological polar surface area (TPSA) is 201 Å². The maximum Gasteiger partial charge on any atom is 0.346 e. The van der Waals surface area contributed by atoms with Gasteiger partial charge in [-0.05, 0) is 48.5 Å². The minimum atomic E-state index is -0.841. The van der Waals surface area contributed by atoms with Crippen LogP contribution in [0.15, 0.2) is 48.5 Å². The first kappa shape index (κ1) is 43.6. The van der Waals surface area contributed by atoms with E-state index in [2.05, 4.69) is 9.47 Å². The summed E-state index contributed by atoms with van der Waals surface area (Å²) < 4.78 is 36.6. The van der Waals surface area contributed by atoms with Crippen molar-refractivity contribution in [1.29, 1.82) is 0 Å². The van der Waals surface area contributed by atoms with Gasteiger partial charge in [-0.3, -0.25) is 0 Å². The zero-order chi connectivity index (χ0) is 49.7. The second kappa shape index (κ2) is 14.6. The van der Waals surface area contributed by atoms with Gasteiger partial charge in [0.05, 0.1) is 73.2 Å². The molecule has 0 spiro atoms. The van der Waals surface area contributed by atoms with Gasteiger partial charge in [0.2, 0.25) is 0 Å². The second-order valence-electron chi connectivity index (χ2n) is 16.5. The van der Waals surface area contributed by atoms with Crippen LogP contribution < -0.4 is 14.0 Å². The van der Waals surface area contributed by atoms with Crippen LogP contribution in [0.2, 0.25) is 25.1 Å². The summed E-state index contributed by atoms with van der Waals surface area (Å²) in [6, 6.07) is 11.5. The number of methoxy groups -OCH3 is 2. The number of hydrogen-bond donors (Lipinski definition) is 0. The third-order valence-corrected chi connectivity index (χ3v) is 15.1. The average Bonchev–Trinajstić information content (AvgIpc) is 3.33. The Bertz CT molecular complexity index is 4310. The van der Waals surface area contributed by atoms with Crippen molar-refractivity contribution in [2.75, 3.05) is 14.2 Å². The monoisotopic (exact) mass is 1060 g/mol. The summed E-state index contributed by atoms with van der Waals surface area (Å²) in [5, 5.41) is 7.12. The summed E-state index contributed by atoms with van der Waals surface area (Å²) in [4.78, 5) is 101. The first-order chi connectivity index (χ1) is 34.0. The van der Waals surface area contributed by atoms with Gasteiger partial charge in [0.15, 0.2) is 0 Å². The van der Waals surface area contributed by atoms with Crippen LogP contribution in [-0.4, -0.2) is 62.0 Å². The highest BCUT2D eigenvalue weighted by Crippen LogP contribution is 2.57. The van der Waals surface area contributed by atoms with Crippen molar-refractivity contribution >= 4 is 201 Å². The number of hydrogen-bond acceptors (Lipinski definition) is 15. The highest BCUT2D eigenvalue weighted by molar-refractivity contribution is 7.10. The molecule has 10 aromatic carbocycles. The molecule has 15 nitrogen and oxygen atoms in total. The molecule has 0 radical (unpaired) electrons. The number of ether oxygens (including phenoxy) is 6. The highest BCUT2D eigenvalue weighted by atomic mass is 35.5. The standard InChI is InChI=1S/C25H7Cl3O7.C25H9Cl2O8P/c1-33-13-5-9-15-8(24(31)35-25(9)32)3-11(27)17-16-10(26)2-6-14-7(23(30)34-22(6)29)4-12(28)18(20(14)16)19(13)21(15)17;1-32-12-4-8-14-6(22(28)33-24(8)30)2-10(26)16-17-11(27)3-7-15-9(25(31)34-23(7)29)5-13(35-36)19(21(15)17)18(12)20(14)16/h2-5H,1H3;2-5H,36H2,1H3. The number of carbonyl (C=O) groups is 8. The maximum atomic E-state index is 12.7. The molecule has 14 rings (SSSR count).